The molecule has 5 N–H and O–H groups in total. The fourth-order valence-corrected chi connectivity index (χ4v) is 4.00. The van der Waals surface area contributed by atoms with Crippen molar-refractivity contribution in [3.8, 4) is 0 Å². The topological polar surface area (TPSA) is 127 Å². The fourth-order valence-electron chi connectivity index (χ4n) is 3.61. The van der Waals surface area contributed by atoms with E-state index in [0.717, 1.165) is 22.0 Å². The first-order chi connectivity index (χ1) is 15.7. The smallest absolute Gasteiger partial charge is 0.232 e. The average molecular weight is 467 g/mol. The van der Waals surface area contributed by atoms with Crippen molar-refractivity contribution >= 4 is 45.9 Å². The van der Waals surface area contributed by atoms with Gasteiger partial charge in [-0.15, -0.1) is 0 Å². The SMILES string of the molecule is Cc1cc(CN=C(N)NC(=O)CC(=N)c2c[nH]c3ccccc23)cc(Cl)c1C(=O)CN(C)C. The van der Waals surface area contributed by atoms with Crippen LogP contribution in [0.5, 0.6) is 0 Å². The molecule has 8 nitrogen and oxygen atoms in total. The van der Waals surface area contributed by atoms with Crippen LogP contribution in [0.2, 0.25) is 5.02 Å². The van der Waals surface area contributed by atoms with E-state index in [1.54, 1.807) is 17.2 Å². The summed E-state index contributed by atoms with van der Waals surface area (Å²) in [5.74, 6) is -0.527. The molecule has 0 spiro atoms. The first-order valence-electron chi connectivity index (χ1n) is 10.4. The van der Waals surface area contributed by atoms with Gasteiger partial charge in [-0.05, 0) is 44.3 Å². The van der Waals surface area contributed by atoms with Crippen LogP contribution >= 0.6 is 11.6 Å². The predicted molar refractivity (Wildman–Crippen MR) is 132 cm³/mol. The third-order valence-electron chi connectivity index (χ3n) is 5.04. The van der Waals surface area contributed by atoms with Gasteiger partial charge in [-0.1, -0.05) is 35.9 Å². The number of hydrogen-bond acceptors (Lipinski definition) is 5. The number of benzene rings is 2. The molecule has 0 bridgehead atoms. The van der Waals surface area contributed by atoms with Crippen molar-refractivity contribution in [2.75, 3.05) is 20.6 Å². The Labute approximate surface area is 197 Å². The molecule has 3 aromatic rings. The molecule has 3 rings (SSSR count). The van der Waals surface area contributed by atoms with Crippen LogP contribution < -0.4 is 11.1 Å². The van der Waals surface area contributed by atoms with E-state index in [2.05, 4.69) is 15.3 Å². The zero-order valence-electron chi connectivity index (χ0n) is 18.8. The van der Waals surface area contributed by atoms with Gasteiger partial charge in [0.15, 0.2) is 11.7 Å². The van der Waals surface area contributed by atoms with Gasteiger partial charge in [0.2, 0.25) is 5.91 Å². The molecule has 0 saturated heterocycles. The Morgan fingerprint density at radius 1 is 1.24 bits per heavy atom. The van der Waals surface area contributed by atoms with Gasteiger partial charge in [-0.2, -0.15) is 0 Å². The standard InChI is InChI=1S/C24H27ClN6O2/c1-14-8-15(9-18(25)23(14)21(32)13-31(2)3)11-29-24(27)30-22(33)10-19(26)17-12-28-20-7-5-4-6-16(17)20/h4-9,12,26,28H,10-11,13H2,1-3H3,(H3,27,29,30,33). The number of likely N-dealkylation sites (N-methyl/N-ethyl adjacent to an activating group) is 1. The maximum Gasteiger partial charge on any atom is 0.232 e. The third kappa shape index (κ3) is 6.06. The zero-order valence-corrected chi connectivity index (χ0v) is 19.6. The van der Waals surface area contributed by atoms with Gasteiger partial charge in [0, 0.05) is 28.2 Å². The van der Waals surface area contributed by atoms with Crippen LogP contribution in [0, 0.1) is 12.3 Å². The van der Waals surface area contributed by atoms with Crippen molar-refractivity contribution in [2.45, 2.75) is 19.9 Å². The number of nitrogens with one attached hydrogen (secondary N) is 3. The Kier molecular flexibility index (Phi) is 7.63. The minimum atomic E-state index is -0.426. The number of aromatic amines is 1. The number of carbonyl (C=O) groups is 2. The molecule has 0 aliphatic rings. The number of Topliss-reactive ketones (excluding diaryl/α,β-unsaturated/α-hetero) is 1. The molecule has 1 amide bonds. The molecule has 0 fully saturated rings. The van der Waals surface area contributed by atoms with E-state index in [4.69, 9.17) is 22.7 Å². The lowest BCUT2D eigenvalue weighted by Gasteiger charge is -2.13. The molecule has 2 aromatic carbocycles. The van der Waals surface area contributed by atoms with Gasteiger partial charge in [-0.25, -0.2) is 4.99 Å². The minimum Gasteiger partial charge on any atom is -0.370 e. The number of aliphatic imine (C=N–C) groups is 1. The van der Waals surface area contributed by atoms with Crippen LogP contribution in [0.4, 0.5) is 0 Å². The van der Waals surface area contributed by atoms with Crippen LogP contribution in [0.15, 0.2) is 47.6 Å². The first kappa shape index (κ1) is 24.2. The highest BCUT2D eigenvalue weighted by Gasteiger charge is 2.16. The number of aromatic nitrogens is 1. The molecule has 1 heterocycles. The number of H-pyrrole nitrogens is 1. The molecular weight excluding hydrogens is 440 g/mol. The Morgan fingerprint density at radius 2 is 1.97 bits per heavy atom. The van der Waals surface area contributed by atoms with Crippen molar-refractivity contribution in [1.29, 1.82) is 5.41 Å². The minimum absolute atomic E-state index is 0.0479. The summed E-state index contributed by atoms with van der Waals surface area (Å²) in [5, 5.41) is 12.0. The molecule has 1 aromatic heterocycles. The number of halogens is 1. The van der Waals surface area contributed by atoms with Crippen molar-refractivity contribution in [2.24, 2.45) is 10.7 Å². The maximum atomic E-state index is 12.4. The summed E-state index contributed by atoms with van der Waals surface area (Å²) in [6, 6.07) is 11.1. The summed E-state index contributed by atoms with van der Waals surface area (Å²) in [6.45, 7) is 2.28. The van der Waals surface area contributed by atoms with E-state index < -0.39 is 5.91 Å². The number of para-hydroxylation sites is 1. The molecular formula is C24H27ClN6O2. The summed E-state index contributed by atoms with van der Waals surface area (Å²) < 4.78 is 0. The van der Waals surface area contributed by atoms with E-state index in [1.807, 2.05) is 51.4 Å². The molecule has 0 aliphatic carbocycles. The number of rotatable bonds is 8. The summed E-state index contributed by atoms with van der Waals surface area (Å²) >= 11 is 6.35. The average Bonchev–Trinajstić information content (AvgIpc) is 3.15. The molecule has 0 aliphatic heterocycles. The molecule has 0 atom stereocenters. The van der Waals surface area contributed by atoms with E-state index in [-0.39, 0.29) is 37.0 Å². The number of ketones is 1. The Bertz CT molecular complexity index is 1220. The Balaban J connectivity index is 1.61. The highest BCUT2D eigenvalue weighted by molar-refractivity contribution is 6.34. The summed E-state index contributed by atoms with van der Waals surface area (Å²) in [7, 11) is 3.65. The largest absolute Gasteiger partial charge is 0.370 e. The van der Waals surface area contributed by atoms with Gasteiger partial charge in [-0.3, -0.25) is 14.9 Å². The number of guanidine groups is 1. The first-order valence-corrected chi connectivity index (χ1v) is 10.7. The molecule has 172 valence electrons. The van der Waals surface area contributed by atoms with Crippen molar-refractivity contribution in [1.82, 2.24) is 15.2 Å². The Hall–Kier alpha value is -3.49. The number of hydrogen-bond donors (Lipinski definition) is 4. The van der Waals surface area contributed by atoms with Crippen LogP contribution in [-0.2, 0) is 11.3 Å². The molecule has 9 heteroatoms. The summed E-state index contributed by atoms with van der Waals surface area (Å²) in [6.07, 6.45) is 1.59. The highest BCUT2D eigenvalue weighted by Crippen LogP contribution is 2.23. The quantitative estimate of drug-likeness (QED) is 0.231. The van der Waals surface area contributed by atoms with Gasteiger partial charge >= 0.3 is 0 Å². The van der Waals surface area contributed by atoms with Crippen molar-refractivity contribution < 1.29 is 9.59 Å². The number of amides is 1. The van der Waals surface area contributed by atoms with E-state index >= 15 is 0 Å². The Morgan fingerprint density at radius 3 is 2.67 bits per heavy atom. The summed E-state index contributed by atoms with van der Waals surface area (Å²) in [4.78, 5) is 33.8. The second-order valence-corrected chi connectivity index (χ2v) is 8.49. The normalized spacial score (nSPS) is 11.7. The lowest BCUT2D eigenvalue weighted by molar-refractivity contribution is -0.118. The monoisotopic (exact) mass is 466 g/mol. The number of nitrogens with zero attached hydrogens (tertiary/aromatic N) is 2. The van der Waals surface area contributed by atoms with Crippen LogP contribution in [0.25, 0.3) is 10.9 Å². The van der Waals surface area contributed by atoms with Gasteiger partial charge in [0.1, 0.15) is 0 Å². The molecule has 0 radical (unpaired) electrons. The number of carbonyl (C=O) groups excluding carboxylic acids is 2. The van der Waals surface area contributed by atoms with Gasteiger partial charge in [0.25, 0.3) is 0 Å². The lowest BCUT2D eigenvalue weighted by Crippen LogP contribution is -2.37. The molecule has 33 heavy (non-hydrogen) atoms. The van der Waals surface area contributed by atoms with Gasteiger partial charge < -0.3 is 21.0 Å². The van der Waals surface area contributed by atoms with E-state index in [9.17, 15) is 9.59 Å². The highest BCUT2D eigenvalue weighted by atomic mass is 35.5. The predicted octanol–water partition coefficient (Wildman–Crippen LogP) is 3.26. The molecule has 0 saturated carbocycles. The molecule has 0 unspecified atom stereocenters. The second-order valence-electron chi connectivity index (χ2n) is 8.08. The summed E-state index contributed by atoms with van der Waals surface area (Å²) in [5.41, 5.74) is 9.64. The zero-order chi connectivity index (χ0) is 24.1. The van der Waals surface area contributed by atoms with Gasteiger partial charge in [0.05, 0.1) is 30.2 Å². The van der Waals surface area contributed by atoms with E-state index in [1.165, 1.54) is 0 Å². The third-order valence-corrected chi connectivity index (χ3v) is 5.34. The second kappa shape index (κ2) is 10.4. The van der Waals surface area contributed by atoms with Crippen molar-refractivity contribution in [3.63, 3.8) is 0 Å². The number of nitrogens with two attached hydrogens (primary N) is 1. The lowest BCUT2D eigenvalue weighted by atomic mass is 10.0. The maximum absolute atomic E-state index is 12.4. The van der Waals surface area contributed by atoms with Crippen LogP contribution in [0.3, 0.4) is 0 Å². The number of fused-ring (bicyclic) bond motifs is 1. The fraction of sp³-hybridized carbons (Fsp3) is 0.250. The number of aryl methyl sites for hydroxylation is 1. The van der Waals surface area contributed by atoms with Crippen molar-refractivity contribution in [3.05, 3.63) is 69.9 Å². The van der Waals surface area contributed by atoms with E-state index in [0.29, 0.717) is 16.1 Å². The van der Waals surface area contributed by atoms with Crippen LogP contribution in [-0.4, -0.2) is 53.9 Å². The van der Waals surface area contributed by atoms with Crippen LogP contribution in [0.1, 0.15) is 33.5 Å².